The van der Waals surface area contributed by atoms with Crippen LogP contribution in [0.3, 0.4) is 0 Å². The number of carbonyl (C=O) groups is 3. The smallest absolute Gasteiger partial charge is 0.326 e. The first-order chi connectivity index (χ1) is 20.5. The second-order valence-electron chi connectivity index (χ2n) is 9.80. The Bertz CT molecular complexity index is 1100. The molecule has 1 atom stereocenters. The number of hydrogen-bond acceptors (Lipinski definition) is 4. The van der Waals surface area contributed by atoms with Gasteiger partial charge in [-0.15, -0.1) is 0 Å². The molecule has 2 amide bonds. The number of carboxylic acids is 1. The molecule has 7 heteroatoms. The fourth-order valence-corrected chi connectivity index (χ4v) is 3.87. The van der Waals surface area contributed by atoms with Gasteiger partial charge in [-0.05, 0) is 83.3 Å². The van der Waals surface area contributed by atoms with Crippen molar-refractivity contribution in [3.8, 4) is 0 Å². The molecule has 42 heavy (non-hydrogen) atoms. The zero-order chi connectivity index (χ0) is 30.7. The van der Waals surface area contributed by atoms with Gasteiger partial charge >= 0.3 is 5.97 Å². The fraction of sp³-hybridized carbons (Fsp3) is 0.429. The number of carboxylic acid groups (broad SMARTS) is 1. The Morgan fingerprint density at radius 3 is 1.90 bits per heavy atom. The third-order valence-corrected chi connectivity index (χ3v) is 6.22. The van der Waals surface area contributed by atoms with Crippen LogP contribution in [0.1, 0.15) is 93.6 Å². The minimum atomic E-state index is -1.05. The summed E-state index contributed by atoms with van der Waals surface area (Å²) in [5.74, 6) is -1.52. The van der Waals surface area contributed by atoms with E-state index in [0.717, 1.165) is 38.5 Å². The standard InChI is InChI=1S/C35H49N3O4/c1-3-4-5-6-7-8-9-10-11-12-13-14-15-16-17-18-19-20-21-27-33(39)38-32(35(41)42)26-22-23-28-37-34(40)31-25-24-29-36-30(31)2/h4-5,7-8,10-11,13-14,16-17,19-20,24-25,29,32H,3,6,9,12,15,18,21-23,26-28H2,1-2H3,(H,37,40)(H,38,39)(H,41,42)/b5-4-,8-7-,11-10-,14-13-,17-16-,20-19-/t32-/m0/s1. The van der Waals surface area contributed by atoms with Gasteiger partial charge in [0, 0.05) is 24.9 Å². The Labute approximate surface area is 252 Å². The van der Waals surface area contributed by atoms with E-state index in [9.17, 15) is 19.5 Å². The second kappa shape index (κ2) is 24.8. The predicted molar refractivity (Wildman–Crippen MR) is 172 cm³/mol. The number of amides is 2. The highest BCUT2D eigenvalue weighted by atomic mass is 16.4. The SMILES string of the molecule is CC/C=C\C/C=C\C/C=C\C/C=C\C/C=C\C/C=C\CCC(=O)N[C@@H](CCCCNC(=O)c1cccnc1C)C(=O)O. The first kappa shape index (κ1) is 36.0. The van der Waals surface area contributed by atoms with Crippen molar-refractivity contribution in [2.75, 3.05) is 6.54 Å². The summed E-state index contributed by atoms with van der Waals surface area (Å²) in [6.45, 7) is 4.34. The van der Waals surface area contributed by atoms with Crippen LogP contribution in [0.2, 0.25) is 0 Å². The van der Waals surface area contributed by atoms with Gasteiger partial charge in [-0.25, -0.2) is 4.79 Å². The van der Waals surface area contributed by atoms with Crippen LogP contribution in [0.15, 0.2) is 91.2 Å². The number of nitrogens with zero attached hydrogens (tertiary/aromatic N) is 1. The first-order valence-corrected chi connectivity index (χ1v) is 15.1. The number of allylic oxidation sites excluding steroid dienone is 12. The van der Waals surface area contributed by atoms with Crippen LogP contribution >= 0.6 is 0 Å². The Kier molecular flexibility index (Phi) is 21.2. The molecule has 0 saturated heterocycles. The molecule has 0 bridgehead atoms. The van der Waals surface area contributed by atoms with Crippen LogP contribution in [-0.4, -0.2) is 40.5 Å². The number of rotatable bonds is 22. The molecule has 0 radical (unpaired) electrons. The summed E-state index contributed by atoms with van der Waals surface area (Å²) in [7, 11) is 0. The summed E-state index contributed by atoms with van der Waals surface area (Å²) in [6.07, 6.45) is 35.2. The summed E-state index contributed by atoms with van der Waals surface area (Å²) >= 11 is 0. The molecule has 1 aromatic heterocycles. The lowest BCUT2D eigenvalue weighted by Gasteiger charge is -2.14. The number of hydrogen-bond donors (Lipinski definition) is 3. The number of nitrogens with one attached hydrogen (secondary N) is 2. The molecule has 0 spiro atoms. The van der Waals surface area contributed by atoms with Gasteiger partial charge < -0.3 is 15.7 Å². The predicted octanol–water partition coefficient (Wildman–Crippen LogP) is 7.34. The second-order valence-corrected chi connectivity index (χ2v) is 9.80. The molecule has 1 rings (SSSR count). The van der Waals surface area contributed by atoms with E-state index in [1.165, 1.54) is 0 Å². The largest absolute Gasteiger partial charge is 0.480 e. The normalized spacial score (nSPS) is 12.9. The minimum absolute atomic E-state index is 0.196. The zero-order valence-electron chi connectivity index (χ0n) is 25.3. The van der Waals surface area contributed by atoms with Gasteiger partial charge in [0.05, 0.1) is 5.56 Å². The van der Waals surface area contributed by atoms with Crippen LogP contribution in [-0.2, 0) is 9.59 Å². The lowest BCUT2D eigenvalue weighted by Crippen LogP contribution is -2.40. The van der Waals surface area contributed by atoms with Crippen LogP contribution in [0.5, 0.6) is 0 Å². The van der Waals surface area contributed by atoms with Crippen LogP contribution < -0.4 is 10.6 Å². The van der Waals surface area contributed by atoms with Crippen molar-refractivity contribution in [3.63, 3.8) is 0 Å². The highest BCUT2D eigenvalue weighted by molar-refractivity contribution is 5.95. The molecule has 1 heterocycles. The van der Waals surface area contributed by atoms with E-state index in [1.807, 2.05) is 12.2 Å². The number of aryl methyl sites for hydroxylation is 1. The van der Waals surface area contributed by atoms with Gasteiger partial charge in [0.15, 0.2) is 0 Å². The van der Waals surface area contributed by atoms with E-state index < -0.39 is 12.0 Å². The summed E-state index contributed by atoms with van der Waals surface area (Å²) < 4.78 is 0. The van der Waals surface area contributed by atoms with Crippen molar-refractivity contribution in [2.24, 2.45) is 0 Å². The van der Waals surface area contributed by atoms with Gasteiger partial charge in [-0.1, -0.05) is 79.8 Å². The van der Waals surface area contributed by atoms with E-state index in [1.54, 1.807) is 25.3 Å². The van der Waals surface area contributed by atoms with E-state index in [2.05, 4.69) is 83.3 Å². The maximum absolute atomic E-state index is 12.2. The van der Waals surface area contributed by atoms with Crippen molar-refractivity contribution >= 4 is 17.8 Å². The molecule has 228 valence electrons. The van der Waals surface area contributed by atoms with E-state index in [4.69, 9.17) is 0 Å². The van der Waals surface area contributed by atoms with Crippen molar-refractivity contribution in [3.05, 3.63) is 102 Å². The molecule has 0 saturated carbocycles. The number of unbranched alkanes of at least 4 members (excludes halogenated alkanes) is 1. The van der Waals surface area contributed by atoms with Crippen LogP contribution in [0.4, 0.5) is 0 Å². The van der Waals surface area contributed by atoms with Gasteiger partial charge in [0.2, 0.25) is 5.91 Å². The summed E-state index contributed by atoms with van der Waals surface area (Å²) in [5.41, 5.74) is 1.19. The van der Waals surface area contributed by atoms with Crippen LogP contribution in [0.25, 0.3) is 0 Å². The molecule has 1 aromatic rings. The lowest BCUT2D eigenvalue weighted by atomic mass is 10.1. The van der Waals surface area contributed by atoms with Crippen LogP contribution in [0, 0.1) is 6.92 Å². The average Bonchev–Trinajstić information content (AvgIpc) is 2.97. The average molecular weight is 576 g/mol. The number of pyridine rings is 1. The Morgan fingerprint density at radius 2 is 1.38 bits per heavy atom. The molecule has 0 aliphatic heterocycles. The third-order valence-electron chi connectivity index (χ3n) is 6.22. The summed E-state index contributed by atoms with van der Waals surface area (Å²) in [6, 6.07) is 2.50. The minimum Gasteiger partial charge on any atom is -0.480 e. The molecule has 3 N–H and O–H groups in total. The van der Waals surface area contributed by atoms with Gasteiger partial charge in [-0.2, -0.15) is 0 Å². The Balaban J connectivity index is 2.12. The molecule has 0 unspecified atom stereocenters. The summed E-state index contributed by atoms with van der Waals surface area (Å²) in [4.78, 5) is 40.1. The van der Waals surface area contributed by atoms with Crippen molar-refractivity contribution in [1.82, 2.24) is 15.6 Å². The topological polar surface area (TPSA) is 108 Å². The van der Waals surface area contributed by atoms with Gasteiger partial charge in [0.1, 0.15) is 6.04 Å². The fourth-order valence-electron chi connectivity index (χ4n) is 3.87. The van der Waals surface area contributed by atoms with Crippen molar-refractivity contribution in [1.29, 1.82) is 0 Å². The summed E-state index contributed by atoms with van der Waals surface area (Å²) in [5, 5.41) is 14.9. The molecular formula is C35H49N3O4. The van der Waals surface area contributed by atoms with E-state index in [0.29, 0.717) is 43.5 Å². The van der Waals surface area contributed by atoms with Gasteiger partial charge in [0.25, 0.3) is 5.91 Å². The van der Waals surface area contributed by atoms with E-state index >= 15 is 0 Å². The highest BCUT2D eigenvalue weighted by Crippen LogP contribution is 2.06. The molecule has 0 aliphatic rings. The maximum Gasteiger partial charge on any atom is 0.326 e. The molecule has 0 aliphatic carbocycles. The van der Waals surface area contributed by atoms with Crippen molar-refractivity contribution in [2.45, 2.75) is 90.5 Å². The first-order valence-electron chi connectivity index (χ1n) is 15.1. The molecular weight excluding hydrogens is 526 g/mol. The molecule has 0 fully saturated rings. The highest BCUT2D eigenvalue weighted by Gasteiger charge is 2.19. The zero-order valence-corrected chi connectivity index (χ0v) is 25.3. The maximum atomic E-state index is 12.2. The van der Waals surface area contributed by atoms with E-state index in [-0.39, 0.29) is 18.2 Å². The molecule has 0 aromatic carbocycles. The number of aromatic nitrogens is 1. The van der Waals surface area contributed by atoms with Crippen molar-refractivity contribution < 1.29 is 19.5 Å². The number of carbonyl (C=O) groups excluding carboxylic acids is 2. The monoisotopic (exact) mass is 575 g/mol. The third kappa shape index (κ3) is 19.1. The Hall–Kier alpha value is -4.00. The Morgan fingerprint density at radius 1 is 0.833 bits per heavy atom. The van der Waals surface area contributed by atoms with Gasteiger partial charge in [-0.3, -0.25) is 14.6 Å². The molecule has 7 nitrogen and oxygen atoms in total. The number of aliphatic carboxylic acids is 1. The lowest BCUT2D eigenvalue weighted by molar-refractivity contribution is -0.142. The quantitative estimate of drug-likeness (QED) is 0.0990.